The molecule has 5 heteroatoms. The van der Waals surface area contributed by atoms with Gasteiger partial charge in [-0.25, -0.2) is 0 Å². The Bertz CT molecular complexity index is 631. The van der Waals surface area contributed by atoms with E-state index >= 15 is 0 Å². The molecule has 0 aliphatic rings. The van der Waals surface area contributed by atoms with E-state index < -0.39 is 0 Å². The van der Waals surface area contributed by atoms with Crippen LogP contribution >= 0.6 is 27.5 Å². The lowest BCUT2D eigenvalue weighted by Gasteiger charge is -2.10. The van der Waals surface area contributed by atoms with E-state index in [1.807, 2.05) is 25.1 Å². The number of anilines is 1. The van der Waals surface area contributed by atoms with E-state index in [-0.39, 0.29) is 12.5 Å². The van der Waals surface area contributed by atoms with E-state index in [9.17, 15) is 4.79 Å². The average molecular weight is 355 g/mol. The highest BCUT2D eigenvalue weighted by atomic mass is 79.9. The molecule has 0 atom stereocenters. The zero-order chi connectivity index (χ0) is 14.5. The number of benzene rings is 2. The Labute approximate surface area is 131 Å². The molecule has 3 nitrogen and oxygen atoms in total. The summed E-state index contributed by atoms with van der Waals surface area (Å²) in [7, 11) is 0. The molecule has 2 aromatic carbocycles. The molecule has 1 amide bonds. The minimum Gasteiger partial charge on any atom is -0.483 e. The molecule has 0 aliphatic carbocycles. The Morgan fingerprint density at radius 1 is 1.30 bits per heavy atom. The summed E-state index contributed by atoms with van der Waals surface area (Å²) < 4.78 is 6.42. The maximum atomic E-state index is 11.8. The van der Waals surface area contributed by atoms with Crippen LogP contribution in [0.3, 0.4) is 0 Å². The second-order valence-corrected chi connectivity index (χ2v) is 5.61. The third kappa shape index (κ3) is 4.25. The Hall–Kier alpha value is -1.52. The molecule has 2 rings (SSSR count). The molecule has 0 aromatic heterocycles. The molecule has 1 N–H and O–H groups in total. The fraction of sp³-hybridized carbons (Fsp3) is 0.133. The molecule has 2 aromatic rings. The van der Waals surface area contributed by atoms with Crippen LogP contribution in [0, 0.1) is 6.92 Å². The van der Waals surface area contributed by atoms with Gasteiger partial charge in [-0.05, 0) is 42.8 Å². The molecule has 0 bridgehead atoms. The second kappa shape index (κ2) is 6.77. The van der Waals surface area contributed by atoms with Crippen molar-refractivity contribution in [3.8, 4) is 5.75 Å². The van der Waals surface area contributed by atoms with Crippen LogP contribution in [-0.2, 0) is 4.79 Å². The van der Waals surface area contributed by atoms with Gasteiger partial charge in [-0.3, -0.25) is 4.79 Å². The summed E-state index contributed by atoms with van der Waals surface area (Å²) in [5.74, 6) is 0.451. The highest BCUT2D eigenvalue weighted by molar-refractivity contribution is 9.10. The van der Waals surface area contributed by atoms with E-state index in [4.69, 9.17) is 16.3 Å². The SMILES string of the molecule is Cc1ccc(Br)cc1OCC(=O)Nc1cccc(Cl)c1. The molecule has 20 heavy (non-hydrogen) atoms. The van der Waals surface area contributed by atoms with Crippen molar-refractivity contribution in [1.82, 2.24) is 0 Å². The smallest absolute Gasteiger partial charge is 0.262 e. The van der Waals surface area contributed by atoms with Crippen LogP contribution < -0.4 is 10.1 Å². The van der Waals surface area contributed by atoms with E-state index in [0.717, 1.165) is 10.0 Å². The van der Waals surface area contributed by atoms with E-state index in [2.05, 4.69) is 21.2 Å². The molecule has 0 aliphatic heterocycles. The van der Waals surface area contributed by atoms with Gasteiger partial charge in [-0.1, -0.05) is 39.7 Å². The van der Waals surface area contributed by atoms with Crippen LogP contribution in [0.4, 0.5) is 5.69 Å². The van der Waals surface area contributed by atoms with Gasteiger partial charge in [0.15, 0.2) is 6.61 Å². The molecular weight excluding hydrogens is 342 g/mol. The minimum atomic E-state index is -0.230. The van der Waals surface area contributed by atoms with Gasteiger partial charge in [0.1, 0.15) is 5.75 Å². The maximum absolute atomic E-state index is 11.8. The molecular formula is C15H13BrClNO2. The van der Waals surface area contributed by atoms with Crippen molar-refractivity contribution < 1.29 is 9.53 Å². The average Bonchev–Trinajstić information content (AvgIpc) is 2.40. The molecule has 0 saturated heterocycles. The number of nitrogens with one attached hydrogen (secondary N) is 1. The van der Waals surface area contributed by atoms with Crippen molar-refractivity contribution in [3.05, 3.63) is 57.5 Å². The number of rotatable bonds is 4. The van der Waals surface area contributed by atoms with Crippen LogP contribution in [-0.4, -0.2) is 12.5 Å². The van der Waals surface area contributed by atoms with Crippen molar-refractivity contribution in [3.63, 3.8) is 0 Å². The highest BCUT2D eigenvalue weighted by Crippen LogP contribution is 2.23. The number of aryl methyl sites for hydroxylation is 1. The Kier molecular flexibility index (Phi) is 5.04. The van der Waals surface area contributed by atoms with Crippen LogP contribution in [0.15, 0.2) is 46.9 Å². The lowest BCUT2D eigenvalue weighted by atomic mass is 10.2. The molecule has 104 valence electrons. The first-order chi connectivity index (χ1) is 9.54. The summed E-state index contributed by atoms with van der Waals surface area (Å²) >= 11 is 9.22. The van der Waals surface area contributed by atoms with Gasteiger partial charge in [0.2, 0.25) is 0 Å². The molecule has 0 saturated carbocycles. The summed E-state index contributed by atoms with van der Waals surface area (Å²) in [5.41, 5.74) is 1.63. The predicted molar refractivity (Wildman–Crippen MR) is 84.5 cm³/mol. The zero-order valence-corrected chi connectivity index (χ0v) is 13.2. The number of halogens is 2. The molecule has 0 spiro atoms. The van der Waals surface area contributed by atoms with E-state index in [1.54, 1.807) is 24.3 Å². The van der Waals surface area contributed by atoms with Crippen molar-refractivity contribution in [2.24, 2.45) is 0 Å². The van der Waals surface area contributed by atoms with Crippen LogP contribution in [0.1, 0.15) is 5.56 Å². The summed E-state index contributed by atoms with van der Waals surface area (Å²) in [6, 6.07) is 12.7. The van der Waals surface area contributed by atoms with E-state index in [0.29, 0.717) is 16.5 Å². The fourth-order valence-corrected chi connectivity index (χ4v) is 2.17. The maximum Gasteiger partial charge on any atom is 0.262 e. The number of amides is 1. The Balaban J connectivity index is 1.94. The van der Waals surface area contributed by atoms with Gasteiger partial charge < -0.3 is 10.1 Å². The zero-order valence-electron chi connectivity index (χ0n) is 10.8. The summed E-state index contributed by atoms with van der Waals surface area (Å²) in [4.78, 5) is 11.8. The van der Waals surface area contributed by atoms with Gasteiger partial charge in [-0.2, -0.15) is 0 Å². The van der Waals surface area contributed by atoms with Gasteiger partial charge in [0.25, 0.3) is 5.91 Å². The quantitative estimate of drug-likeness (QED) is 0.882. The summed E-state index contributed by atoms with van der Waals surface area (Å²) in [5, 5.41) is 3.30. The lowest BCUT2D eigenvalue weighted by molar-refractivity contribution is -0.118. The van der Waals surface area contributed by atoms with Crippen molar-refractivity contribution >= 4 is 39.1 Å². The Morgan fingerprint density at radius 3 is 2.85 bits per heavy atom. The largest absolute Gasteiger partial charge is 0.483 e. The number of hydrogen-bond donors (Lipinski definition) is 1. The molecule has 0 heterocycles. The first-order valence-electron chi connectivity index (χ1n) is 5.99. The monoisotopic (exact) mass is 353 g/mol. The van der Waals surface area contributed by atoms with Crippen LogP contribution in [0.2, 0.25) is 5.02 Å². The van der Waals surface area contributed by atoms with Crippen molar-refractivity contribution in [1.29, 1.82) is 0 Å². The molecule has 0 unspecified atom stereocenters. The molecule has 0 fully saturated rings. The number of hydrogen-bond acceptors (Lipinski definition) is 2. The van der Waals surface area contributed by atoms with Gasteiger partial charge >= 0.3 is 0 Å². The fourth-order valence-electron chi connectivity index (χ4n) is 1.64. The number of ether oxygens (including phenoxy) is 1. The Morgan fingerprint density at radius 2 is 2.10 bits per heavy atom. The normalized spacial score (nSPS) is 10.2. The van der Waals surface area contributed by atoms with Gasteiger partial charge in [0.05, 0.1) is 0 Å². The minimum absolute atomic E-state index is 0.0518. The standard InChI is InChI=1S/C15H13BrClNO2/c1-10-5-6-11(16)7-14(10)20-9-15(19)18-13-4-2-3-12(17)8-13/h2-8H,9H2,1H3,(H,18,19). The number of carbonyl (C=O) groups is 1. The predicted octanol–water partition coefficient (Wildman–Crippen LogP) is 4.43. The first kappa shape index (κ1) is 14.9. The van der Waals surface area contributed by atoms with Crippen molar-refractivity contribution in [2.45, 2.75) is 6.92 Å². The lowest BCUT2D eigenvalue weighted by Crippen LogP contribution is -2.20. The third-order valence-electron chi connectivity index (χ3n) is 2.62. The third-order valence-corrected chi connectivity index (χ3v) is 3.35. The second-order valence-electron chi connectivity index (χ2n) is 4.26. The first-order valence-corrected chi connectivity index (χ1v) is 7.16. The van der Waals surface area contributed by atoms with Crippen LogP contribution in [0.25, 0.3) is 0 Å². The summed E-state index contributed by atoms with van der Waals surface area (Å²) in [6.45, 7) is 1.88. The highest BCUT2D eigenvalue weighted by Gasteiger charge is 2.06. The van der Waals surface area contributed by atoms with E-state index in [1.165, 1.54) is 0 Å². The van der Waals surface area contributed by atoms with Crippen LogP contribution in [0.5, 0.6) is 5.75 Å². The topological polar surface area (TPSA) is 38.3 Å². The summed E-state index contributed by atoms with van der Waals surface area (Å²) in [6.07, 6.45) is 0. The van der Waals surface area contributed by atoms with Gasteiger partial charge in [0, 0.05) is 15.2 Å². The van der Waals surface area contributed by atoms with Gasteiger partial charge in [-0.15, -0.1) is 0 Å². The number of carbonyl (C=O) groups excluding carboxylic acids is 1. The van der Waals surface area contributed by atoms with Crippen molar-refractivity contribution in [2.75, 3.05) is 11.9 Å². The molecule has 0 radical (unpaired) electrons.